The number of hydrogen-bond acceptors (Lipinski definition) is 5. The minimum absolute atomic E-state index is 0.0436. The Morgan fingerprint density at radius 1 is 0.967 bits per heavy atom. The Bertz CT molecular complexity index is 1210. The van der Waals surface area contributed by atoms with Crippen LogP contribution in [0, 0.1) is 0 Å². The van der Waals surface area contributed by atoms with E-state index in [-0.39, 0.29) is 10.9 Å². The molecule has 0 saturated carbocycles. The van der Waals surface area contributed by atoms with Crippen LogP contribution in [0.2, 0.25) is 0 Å². The Kier molecular flexibility index (Phi) is 5.61. The van der Waals surface area contributed by atoms with Crippen LogP contribution in [0.3, 0.4) is 0 Å². The number of nitrogens with one attached hydrogen (secondary N) is 1. The average Bonchev–Trinajstić information content (AvgIpc) is 3.40. The Morgan fingerprint density at radius 3 is 2.30 bits per heavy atom. The van der Waals surface area contributed by atoms with Crippen molar-refractivity contribution in [2.75, 3.05) is 4.72 Å². The Morgan fingerprint density at radius 2 is 1.67 bits per heavy atom. The van der Waals surface area contributed by atoms with Gasteiger partial charge >= 0.3 is 0 Å². The molecule has 8 heteroatoms. The molecule has 0 aliphatic heterocycles. The van der Waals surface area contributed by atoms with Crippen molar-refractivity contribution in [3.63, 3.8) is 0 Å². The summed E-state index contributed by atoms with van der Waals surface area (Å²) in [7, 11) is -3.82. The summed E-state index contributed by atoms with van der Waals surface area (Å²) < 4.78 is 36.3. The lowest BCUT2D eigenvalue weighted by atomic mass is 10.3. The SMILES string of the molecule is CC(C)n1cc(S(=O)(=O)Nc2ccc(Oc3ccccc3)cc2)c(-c2cccs2)n1. The van der Waals surface area contributed by atoms with Gasteiger partial charge in [-0.25, -0.2) is 8.42 Å². The van der Waals surface area contributed by atoms with Gasteiger partial charge in [-0.15, -0.1) is 11.3 Å². The Labute approximate surface area is 179 Å². The van der Waals surface area contributed by atoms with Gasteiger partial charge in [0.15, 0.2) is 0 Å². The highest BCUT2D eigenvalue weighted by Crippen LogP contribution is 2.32. The molecule has 30 heavy (non-hydrogen) atoms. The fourth-order valence-electron chi connectivity index (χ4n) is 2.85. The number of benzene rings is 2. The number of hydrogen-bond donors (Lipinski definition) is 1. The molecule has 0 saturated heterocycles. The molecule has 2 aromatic heterocycles. The summed E-state index contributed by atoms with van der Waals surface area (Å²) in [4.78, 5) is 0.963. The maximum atomic E-state index is 13.1. The number of thiophene rings is 1. The van der Waals surface area contributed by atoms with Crippen LogP contribution >= 0.6 is 11.3 Å². The molecule has 2 aromatic carbocycles. The van der Waals surface area contributed by atoms with Gasteiger partial charge in [0.25, 0.3) is 10.0 Å². The van der Waals surface area contributed by atoms with Gasteiger partial charge in [-0.2, -0.15) is 5.10 Å². The van der Waals surface area contributed by atoms with E-state index in [0.29, 0.717) is 22.9 Å². The predicted octanol–water partition coefficient (Wildman–Crippen LogP) is 5.79. The van der Waals surface area contributed by atoms with E-state index in [0.717, 1.165) is 4.88 Å². The van der Waals surface area contributed by atoms with Crippen LogP contribution in [0.15, 0.2) is 83.2 Å². The monoisotopic (exact) mass is 439 g/mol. The summed E-state index contributed by atoms with van der Waals surface area (Å²) in [6, 6.07) is 20.0. The number of aromatic nitrogens is 2. The largest absolute Gasteiger partial charge is 0.457 e. The zero-order chi connectivity index (χ0) is 21.1. The standard InChI is InChI=1S/C22H21N3O3S2/c1-16(2)25-15-21(22(23-25)20-9-6-14-29-20)30(26,27)24-17-10-12-19(13-11-17)28-18-7-4-3-5-8-18/h3-16,24H,1-2H3. The Hall–Kier alpha value is -3.10. The number of anilines is 1. The van der Waals surface area contributed by atoms with Crippen molar-refractivity contribution in [3.05, 3.63) is 78.3 Å². The van der Waals surface area contributed by atoms with Gasteiger partial charge < -0.3 is 4.74 Å². The van der Waals surface area contributed by atoms with Gasteiger partial charge in [-0.1, -0.05) is 24.3 Å². The fourth-order valence-corrected chi connectivity index (χ4v) is 4.84. The van der Waals surface area contributed by atoms with E-state index in [1.165, 1.54) is 11.3 Å². The topological polar surface area (TPSA) is 73.2 Å². The van der Waals surface area contributed by atoms with Crippen LogP contribution in [0.1, 0.15) is 19.9 Å². The molecule has 4 rings (SSSR count). The highest BCUT2D eigenvalue weighted by Gasteiger charge is 2.25. The van der Waals surface area contributed by atoms with E-state index in [1.54, 1.807) is 35.1 Å². The molecule has 0 amide bonds. The maximum absolute atomic E-state index is 13.1. The van der Waals surface area contributed by atoms with Gasteiger partial charge in [0.05, 0.1) is 4.88 Å². The van der Waals surface area contributed by atoms with Crippen LogP contribution in [-0.2, 0) is 10.0 Å². The van der Waals surface area contributed by atoms with Crippen LogP contribution in [0.5, 0.6) is 11.5 Å². The van der Waals surface area contributed by atoms with E-state index in [9.17, 15) is 8.42 Å². The lowest BCUT2D eigenvalue weighted by Gasteiger charge is -2.09. The molecule has 0 aliphatic carbocycles. The normalized spacial score (nSPS) is 11.6. The van der Waals surface area contributed by atoms with E-state index in [4.69, 9.17) is 4.74 Å². The maximum Gasteiger partial charge on any atom is 0.265 e. The summed E-state index contributed by atoms with van der Waals surface area (Å²) in [6.07, 6.45) is 1.58. The molecule has 1 N–H and O–H groups in total. The molecule has 0 radical (unpaired) electrons. The molecule has 4 aromatic rings. The van der Waals surface area contributed by atoms with Gasteiger partial charge in [0.2, 0.25) is 0 Å². The molecular formula is C22H21N3O3S2. The third-order valence-corrected chi connectivity index (χ3v) is 6.62. The highest BCUT2D eigenvalue weighted by atomic mass is 32.2. The third-order valence-electron chi connectivity index (χ3n) is 4.36. The third kappa shape index (κ3) is 4.39. The van der Waals surface area contributed by atoms with Crippen molar-refractivity contribution >= 4 is 27.0 Å². The van der Waals surface area contributed by atoms with Crippen LogP contribution in [0.25, 0.3) is 10.6 Å². The number of rotatable bonds is 7. The molecule has 2 heterocycles. The summed E-state index contributed by atoms with van der Waals surface area (Å²) in [6.45, 7) is 3.92. The average molecular weight is 440 g/mol. The summed E-state index contributed by atoms with van der Waals surface area (Å²) in [5.41, 5.74) is 0.903. The fraction of sp³-hybridized carbons (Fsp3) is 0.136. The van der Waals surface area contributed by atoms with Crippen LogP contribution in [-0.4, -0.2) is 18.2 Å². The molecule has 0 atom stereocenters. The summed E-state index contributed by atoms with van der Waals surface area (Å²) in [5.74, 6) is 1.34. The van der Waals surface area contributed by atoms with Gasteiger partial charge in [-0.3, -0.25) is 9.40 Å². The highest BCUT2D eigenvalue weighted by molar-refractivity contribution is 7.92. The number of sulfonamides is 1. The van der Waals surface area contributed by atoms with Crippen molar-refractivity contribution in [3.8, 4) is 22.1 Å². The lowest BCUT2D eigenvalue weighted by Crippen LogP contribution is -2.13. The van der Waals surface area contributed by atoms with Gasteiger partial charge in [0.1, 0.15) is 22.1 Å². The first-order chi connectivity index (χ1) is 14.4. The van der Waals surface area contributed by atoms with Crippen molar-refractivity contribution in [2.24, 2.45) is 0 Å². The van der Waals surface area contributed by atoms with E-state index < -0.39 is 10.0 Å². The minimum atomic E-state index is -3.82. The molecule has 0 aliphatic rings. The summed E-state index contributed by atoms with van der Waals surface area (Å²) >= 11 is 1.46. The second kappa shape index (κ2) is 8.33. The first-order valence-corrected chi connectivity index (χ1v) is 11.8. The molecular weight excluding hydrogens is 418 g/mol. The molecule has 154 valence electrons. The predicted molar refractivity (Wildman–Crippen MR) is 120 cm³/mol. The van der Waals surface area contributed by atoms with E-state index >= 15 is 0 Å². The smallest absolute Gasteiger partial charge is 0.265 e. The Balaban J connectivity index is 1.59. The molecule has 6 nitrogen and oxygen atoms in total. The number of para-hydroxylation sites is 1. The van der Waals surface area contributed by atoms with Gasteiger partial charge in [0, 0.05) is 17.9 Å². The van der Waals surface area contributed by atoms with Crippen molar-refractivity contribution < 1.29 is 13.2 Å². The van der Waals surface area contributed by atoms with Crippen molar-refractivity contribution in [1.82, 2.24) is 9.78 Å². The second-order valence-electron chi connectivity index (χ2n) is 6.94. The zero-order valence-electron chi connectivity index (χ0n) is 16.5. The van der Waals surface area contributed by atoms with E-state index in [1.807, 2.05) is 61.7 Å². The summed E-state index contributed by atoms with van der Waals surface area (Å²) in [5, 5.41) is 6.41. The number of nitrogens with zero attached hydrogens (tertiary/aromatic N) is 2. The van der Waals surface area contributed by atoms with Crippen LogP contribution in [0.4, 0.5) is 5.69 Å². The molecule has 0 fully saturated rings. The molecule has 0 spiro atoms. The number of ether oxygens (including phenoxy) is 1. The zero-order valence-corrected chi connectivity index (χ0v) is 18.2. The first kappa shape index (κ1) is 20.2. The van der Waals surface area contributed by atoms with E-state index in [2.05, 4.69) is 9.82 Å². The van der Waals surface area contributed by atoms with Crippen molar-refractivity contribution in [1.29, 1.82) is 0 Å². The quantitative estimate of drug-likeness (QED) is 0.396. The first-order valence-electron chi connectivity index (χ1n) is 9.41. The molecule has 0 unspecified atom stereocenters. The lowest BCUT2D eigenvalue weighted by molar-refractivity contribution is 0.483. The van der Waals surface area contributed by atoms with Gasteiger partial charge in [-0.05, 0) is 61.7 Å². The van der Waals surface area contributed by atoms with Crippen molar-refractivity contribution in [2.45, 2.75) is 24.8 Å². The van der Waals surface area contributed by atoms with Crippen LogP contribution < -0.4 is 9.46 Å². The molecule has 0 bridgehead atoms. The second-order valence-corrected chi connectivity index (χ2v) is 9.54. The minimum Gasteiger partial charge on any atom is -0.457 e.